The van der Waals surface area contributed by atoms with E-state index in [9.17, 15) is 4.79 Å². The molecule has 0 saturated heterocycles. The van der Waals surface area contributed by atoms with Gasteiger partial charge in [-0.1, -0.05) is 20.3 Å². The molecular formula is C13H27NO3. The largest absolute Gasteiger partial charge is 0.481 e. The first-order valence-electron chi connectivity index (χ1n) is 6.73. The Morgan fingerprint density at radius 3 is 2.53 bits per heavy atom. The van der Waals surface area contributed by atoms with E-state index in [1.165, 1.54) is 0 Å². The first-order valence-corrected chi connectivity index (χ1v) is 6.73. The first-order chi connectivity index (χ1) is 8.22. The van der Waals surface area contributed by atoms with Crippen LogP contribution in [0.1, 0.15) is 46.0 Å². The minimum Gasteiger partial charge on any atom is -0.481 e. The maximum atomic E-state index is 11.0. The molecule has 17 heavy (non-hydrogen) atoms. The van der Waals surface area contributed by atoms with E-state index in [-0.39, 0.29) is 5.92 Å². The summed E-state index contributed by atoms with van der Waals surface area (Å²) in [6.45, 7) is 7.13. The van der Waals surface area contributed by atoms with Gasteiger partial charge in [-0.25, -0.2) is 0 Å². The van der Waals surface area contributed by atoms with Crippen LogP contribution in [0.15, 0.2) is 0 Å². The van der Waals surface area contributed by atoms with Gasteiger partial charge in [-0.3, -0.25) is 4.79 Å². The van der Waals surface area contributed by atoms with Crippen molar-refractivity contribution in [3.05, 3.63) is 0 Å². The van der Waals surface area contributed by atoms with Crippen molar-refractivity contribution in [3.63, 3.8) is 0 Å². The maximum absolute atomic E-state index is 11.0. The molecular weight excluding hydrogens is 218 g/mol. The van der Waals surface area contributed by atoms with Crippen LogP contribution in [0.25, 0.3) is 0 Å². The average molecular weight is 245 g/mol. The van der Waals surface area contributed by atoms with Crippen molar-refractivity contribution in [1.82, 2.24) is 5.32 Å². The third-order valence-electron chi connectivity index (χ3n) is 2.65. The Bertz CT molecular complexity index is 186. The molecule has 0 amide bonds. The summed E-state index contributed by atoms with van der Waals surface area (Å²) < 4.78 is 5.42. The lowest BCUT2D eigenvalue weighted by Gasteiger charge is -2.13. The van der Waals surface area contributed by atoms with E-state index >= 15 is 0 Å². The normalized spacial score (nSPS) is 12.6. The van der Waals surface area contributed by atoms with Crippen LogP contribution in [0.3, 0.4) is 0 Å². The molecule has 4 heteroatoms. The molecule has 0 heterocycles. The van der Waals surface area contributed by atoms with Crippen molar-refractivity contribution >= 4 is 5.97 Å². The molecule has 0 spiro atoms. The second-order valence-corrected chi connectivity index (χ2v) is 4.35. The van der Waals surface area contributed by atoms with E-state index in [1.807, 2.05) is 0 Å². The van der Waals surface area contributed by atoms with E-state index < -0.39 is 5.97 Å². The number of unbranched alkanes of at least 4 members (excludes halogenated alkanes) is 1. The molecule has 4 nitrogen and oxygen atoms in total. The minimum atomic E-state index is -0.706. The summed E-state index contributed by atoms with van der Waals surface area (Å²) in [6.07, 6.45) is 4.78. The molecule has 0 rings (SSSR count). The van der Waals surface area contributed by atoms with Crippen LogP contribution < -0.4 is 5.32 Å². The van der Waals surface area contributed by atoms with Gasteiger partial charge in [0.15, 0.2) is 0 Å². The number of carboxylic acid groups (broad SMARTS) is 1. The lowest BCUT2D eigenvalue weighted by molar-refractivity contribution is -0.141. The van der Waals surface area contributed by atoms with E-state index in [0.717, 1.165) is 38.8 Å². The minimum absolute atomic E-state index is 0.281. The fourth-order valence-electron chi connectivity index (χ4n) is 1.55. The quantitative estimate of drug-likeness (QED) is 0.518. The zero-order valence-electron chi connectivity index (χ0n) is 11.2. The Kier molecular flexibility index (Phi) is 11.4. The Labute approximate surface area is 105 Å². The lowest BCUT2D eigenvalue weighted by Crippen LogP contribution is -2.29. The fraction of sp³-hybridized carbons (Fsp3) is 0.923. The highest BCUT2D eigenvalue weighted by molar-refractivity contribution is 5.70. The van der Waals surface area contributed by atoms with Crippen molar-refractivity contribution < 1.29 is 14.6 Å². The predicted molar refractivity (Wildman–Crippen MR) is 69.2 cm³/mol. The molecule has 0 aliphatic rings. The van der Waals surface area contributed by atoms with E-state index in [2.05, 4.69) is 19.2 Å². The smallest absolute Gasteiger partial charge is 0.307 e. The molecule has 0 aromatic rings. The van der Waals surface area contributed by atoms with Gasteiger partial charge in [0.25, 0.3) is 0 Å². The highest BCUT2D eigenvalue weighted by atomic mass is 16.5. The topological polar surface area (TPSA) is 58.6 Å². The molecule has 1 unspecified atom stereocenters. The van der Waals surface area contributed by atoms with Crippen molar-refractivity contribution in [2.24, 2.45) is 5.92 Å². The van der Waals surface area contributed by atoms with Gasteiger partial charge in [0, 0.05) is 19.8 Å². The van der Waals surface area contributed by atoms with Crippen LogP contribution >= 0.6 is 0 Å². The van der Waals surface area contributed by atoms with Crippen LogP contribution in [0.4, 0.5) is 0 Å². The monoisotopic (exact) mass is 245 g/mol. The van der Waals surface area contributed by atoms with E-state index in [0.29, 0.717) is 19.6 Å². The molecule has 0 aromatic heterocycles. The van der Waals surface area contributed by atoms with Crippen LogP contribution in [0, 0.1) is 5.92 Å². The molecule has 0 radical (unpaired) electrons. The zero-order valence-corrected chi connectivity index (χ0v) is 11.2. The highest BCUT2D eigenvalue weighted by Crippen LogP contribution is 2.06. The van der Waals surface area contributed by atoms with Gasteiger partial charge < -0.3 is 15.2 Å². The summed E-state index contributed by atoms with van der Waals surface area (Å²) in [5, 5.41) is 12.2. The Morgan fingerprint density at radius 1 is 1.24 bits per heavy atom. The van der Waals surface area contributed by atoms with Gasteiger partial charge >= 0.3 is 5.97 Å². The van der Waals surface area contributed by atoms with Gasteiger partial charge in [-0.15, -0.1) is 0 Å². The molecule has 0 aliphatic carbocycles. The Balaban J connectivity index is 3.52. The van der Waals surface area contributed by atoms with Crippen molar-refractivity contribution in [3.8, 4) is 0 Å². The number of nitrogens with one attached hydrogen (secondary N) is 1. The van der Waals surface area contributed by atoms with Gasteiger partial charge in [0.1, 0.15) is 0 Å². The summed E-state index contributed by atoms with van der Waals surface area (Å²) in [6, 6.07) is 0. The summed E-state index contributed by atoms with van der Waals surface area (Å²) in [5.74, 6) is -0.988. The van der Waals surface area contributed by atoms with Crippen LogP contribution in [0.2, 0.25) is 0 Å². The molecule has 0 fully saturated rings. The molecule has 102 valence electrons. The van der Waals surface area contributed by atoms with Crippen LogP contribution in [-0.2, 0) is 9.53 Å². The number of carbonyl (C=O) groups is 1. The van der Waals surface area contributed by atoms with Gasteiger partial charge in [0.2, 0.25) is 0 Å². The molecule has 0 aliphatic heterocycles. The molecule has 0 saturated carbocycles. The zero-order chi connectivity index (χ0) is 12.9. The number of carboxylic acids is 1. The second-order valence-electron chi connectivity index (χ2n) is 4.35. The van der Waals surface area contributed by atoms with Crippen molar-refractivity contribution in [1.29, 1.82) is 0 Å². The Morgan fingerprint density at radius 2 is 1.94 bits per heavy atom. The molecule has 2 N–H and O–H groups in total. The molecule has 0 aromatic carbocycles. The van der Waals surface area contributed by atoms with Crippen LogP contribution in [-0.4, -0.2) is 37.4 Å². The number of hydrogen-bond acceptors (Lipinski definition) is 3. The summed E-state index contributed by atoms with van der Waals surface area (Å²) in [4.78, 5) is 11.0. The Hall–Kier alpha value is -0.610. The maximum Gasteiger partial charge on any atom is 0.307 e. The lowest BCUT2D eigenvalue weighted by atomic mass is 10.0. The van der Waals surface area contributed by atoms with E-state index in [4.69, 9.17) is 9.84 Å². The number of ether oxygens (including phenoxy) is 1. The number of aliphatic carboxylic acids is 1. The third kappa shape index (κ3) is 10.3. The predicted octanol–water partition coefficient (Wildman–Crippen LogP) is 2.28. The van der Waals surface area contributed by atoms with E-state index in [1.54, 1.807) is 0 Å². The third-order valence-corrected chi connectivity index (χ3v) is 2.65. The van der Waals surface area contributed by atoms with Gasteiger partial charge in [-0.2, -0.15) is 0 Å². The number of hydrogen-bond donors (Lipinski definition) is 2. The average Bonchev–Trinajstić information content (AvgIpc) is 2.31. The SMILES string of the molecule is CCCCOCCCC(CNCCC)C(=O)O. The fourth-order valence-corrected chi connectivity index (χ4v) is 1.55. The van der Waals surface area contributed by atoms with Gasteiger partial charge in [0.05, 0.1) is 5.92 Å². The van der Waals surface area contributed by atoms with Crippen molar-refractivity contribution in [2.45, 2.75) is 46.0 Å². The summed E-state index contributed by atoms with van der Waals surface area (Å²) >= 11 is 0. The van der Waals surface area contributed by atoms with Crippen molar-refractivity contribution in [2.75, 3.05) is 26.3 Å². The standard InChI is InChI=1S/C13H27NO3/c1-3-5-9-17-10-6-7-12(13(15)16)11-14-8-4-2/h12,14H,3-11H2,1-2H3,(H,15,16). The first kappa shape index (κ1) is 16.4. The second kappa shape index (κ2) is 11.9. The summed E-state index contributed by atoms with van der Waals surface area (Å²) in [7, 11) is 0. The molecule has 1 atom stereocenters. The molecule has 0 bridgehead atoms. The van der Waals surface area contributed by atoms with Gasteiger partial charge in [-0.05, 0) is 32.2 Å². The number of rotatable bonds is 12. The van der Waals surface area contributed by atoms with Crippen LogP contribution in [0.5, 0.6) is 0 Å². The summed E-state index contributed by atoms with van der Waals surface area (Å²) in [5.41, 5.74) is 0. The highest BCUT2D eigenvalue weighted by Gasteiger charge is 2.15.